The van der Waals surface area contributed by atoms with Gasteiger partial charge >= 0.3 is 0 Å². The molecule has 0 saturated heterocycles. The van der Waals surface area contributed by atoms with Crippen LogP contribution < -0.4 is 4.90 Å². The quantitative estimate of drug-likeness (QED) is 0.170. The second-order valence-corrected chi connectivity index (χ2v) is 14.9. The largest absolute Gasteiger partial charge is 0.456 e. The lowest BCUT2D eigenvalue weighted by Gasteiger charge is -2.26. The van der Waals surface area contributed by atoms with Crippen molar-refractivity contribution in [2.75, 3.05) is 4.90 Å². The number of fused-ring (bicyclic) bond motifs is 9. The van der Waals surface area contributed by atoms with Crippen LogP contribution in [0.4, 0.5) is 17.1 Å². The van der Waals surface area contributed by atoms with Gasteiger partial charge in [0, 0.05) is 55.9 Å². The van der Waals surface area contributed by atoms with Crippen LogP contribution in [0.15, 0.2) is 215 Å². The Balaban J connectivity index is 0.987. The first-order chi connectivity index (χ1) is 28.8. The van der Waals surface area contributed by atoms with Crippen molar-refractivity contribution in [3.05, 3.63) is 206 Å². The van der Waals surface area contributed by atoms with Crippen molar-refractivity contribution in [2.24, 2.45) is 0 Å². The molecule has 12 aromatic rings. The molecular formula is C54H34N2O2. The van der Waals surface area contributed by atoms with Gasteiger partial charge in [0.25, 0.3) is 0 Å². The van der Waals surface area contributed by atoms with Gasteiger partial charge in [0.15, 0.2) is 5.58 Å². The van der Waals surface area contributed by atoms with E-state index in [9.17, 15) is 0 Å². The standard InChI is InChI=1S/C54H34N2O2/c1-2-14-38(15-3-1)56-49-22-8-6-18-47(49)54-52(56)48-21-11-20-44(53(48)58-54)37-26-30-40(31-27-37)55(41-32-33-46-45-17-7-9-23-50(45)57-51(46)34-41)39-28-24-36(25-29-39)43-19-10-13-35-12-4-5-16-42(35)43/h1-34H. The predicted octanol–water partition coefficient (Wildman–Crippen LogP) is 15.4. The number of benzene rings is 9. The SMILES string of the molecule is c1ccc(-n2c3ccccc3c3oc4c(-c5ccc(N(c6ccc(-c7cccc8ccccc78)cc6)c6ccc7c(c6)oc6ccccc67)cc5)cccc4c32)cc1. The van der Waals surface area contributed by atoms with E-state index in [0.29, 0.717) is 0 Å². The number of nitrogens with zero attached hydrogens (tertiary/aromatic N) is 2. The number of para-hydroxylation sites is 4. The van der Waals surface area contributed by atoms with Crippen LogP contribution in [0.25, 0.3) is 93.6 Å². The van der Waals surface area contributed by atoms with Crippen LogP contribution in [0.3, 0.4) is 0 Å². The molecule has 0 saturated carbocycles. The average molecular weight is 743 g/mol. The van der Waals surface area contributed by atoms with E-state index in [1.165, 1.54) is 21.9 Å². The van der Waals surface area contributed by atoms with E-state index in [1.54, 1.807) is 0 Å². The average Bonchev–Trinajstić information content (AvgIpc) is 3.96. The van der Waals surface area contributed by atoms with Crippen LogP contribution in [0.2, 0.25) is 0 Å². The molecule has 0 aliphatic rings. The fraction of sp³-hybridized carbons (Fsp3) is 0. The third-order valence-corrected chi connectivity index (χ3v) is 11.6. The van der Waals surface area contributed by atoms with Gasteiger partial charge in [-0.3, -0.25) is 0 Å². The van der Waals surface area contributed by atoms with Crippen LogP contribution in [0, 0.1) is 0 Å². The Bertz CT molecular complexity index is 3490. The van der Waals surface area contributed by atoms with E-state index < -0.39 is 0 Å². The first kappa shape index (κ1) is 32.4. The molecule has 4 heteroatoms. The van der Waals surface area contributed by atoms with Crippen molar-refractivity contribution < 1.29 is 8.83 Å². The van der Waals surface area contributed by atoms with E-state index >= 15 is 0 Å². The van der Waals surface area contributed by atoms with Crippen LogP contribution in [-0.2, 0) is 0 Å². The molecule has 0 radical (unpaired) electrons. The molecule has 0 bridgehead atoms. The summed E-state index contributed by atoms with van der Waals surface area (Å²) in [5.74, 6) is 0. The predicted molar refractivity (Wildman–Crippen MR) is 241 cm³/mol. The van der Waals surface area contributed by atoms with E-state index in [1.807, 2.05) is 12.1 Å². The van der Waals surface area contributed by atoms with Gasteiger partial charge < -0.3 is 18.3 Å². The summed E-state index contributed by atoms with van der Waals surface area (Å²) in [6.45, 7) is 0. The molecule has 0 aliphatic carbocycles. The molecule has 0 atom stereocenters. The minimum Gasteiger partial charge on any atom is -0.456 e. The summed E-state index contributed by atoms with van der Waals surface area (Å²) >= 11 is 0. The van der Waals surface area contributed by atoms with Crippen LogP contribution in [0.5, 0.6) is 0 Å². The minimum absolute atomic E-state index is 0.858. The van der Waals surface area contributed by atoms with Crippen molar-refractivity contribution >= 4 is 82.7 Å². The van der Waals surface area contributed by atoms with Crippen molar-refractivity contribution in [1.82, 2.24) is 4.57 Å². The van der Waals surface area contributed by atoms with Gasteiger partial charge in [-0.2, -0.15) is 0 Å². The maximum absolute atomic E-state index is 6.87. The Morgan fingerprint density at radius 2 is 0.948 bits per heavy atom. The monoisotopic (exact) mass is 742 g/mol. The Morgan fingerprint density at radius 1 is 0.362 bits per heavy atom. The molecule has 0 N–H and O–H groups in total. The molecule has 9 aromatic carbocycles. The zero-order valence-corrected chi connectivity index (χ0v) is 31.3. The van der Waals surface area contributed by atoms with Crippen molar-refractivity contribution in [2.45, 2.75) is 0 Å². The third kappa shape index (κ3) is 5.02. The molecule has 0 aliphatic heterocycles. The Labute approximate surface area is 334 Å². The van der Waals surface area contributed by atoms with E-state index in [0.717, 1.165) is 88.8 Å². The zero-order valence-electron chi connectivity index (χ0n) is 31.3. The van der Waals surface area contributed by atoms with Gasteiger partial charge in [-0.1, -0.05) is 127 Å². The first-order valence-corrected chi connectivity index (χ1v) is 19.7. The zero-order chi connectivity index (χ0) is 38.2. The number of hydrogen-bond donors (Lipinski definition) is 0. The number of furan rings is 2. The van der Waals surface area contributed by atoms with Crippen molar-refractivity contribution in [3.8, 4) is 27.9 Å². The summed E-state index contributed by atoms with van der Waals surface area (Å²) in [5, 5.41) is 6.89. The highest BCUT2D eigenvalue weighted by atomic mass is 16.3. The molecule has 12 rings (SSSR count). The maximum Gasteiger partial charge on any atom is 0.161 e. The molecule has 0 spiro atoms. The normalized spacial score (nSPS) is 11.8. The van der Waals surface area contributed by atoms with Gasteiger partial charge in [0.1, 0.15) is 22.3 Å². The number of hydrogen-bond acceptors (Lipinski definition) is 3. The first-order valence-electron chi connectivity index (χ1n) is 19.7. The minimum atomic E-state index is 0.858. The Kier molecular flexibility index (Phi) is 7.20. The van der Waals surface area contributed by atoms with Gasteiger partial charge in [-0.15, -0.1) is 0 Å². The third-order valence-electron chi connectivity index (χ3n) is 11.6. The van der Waals surface area contributed by atoms with Gasteiger partial charge in [-0.05, 0) is 100 Å². The second kappa shape index (κ2) is 12.9. The lowest BCUT2D eigenvalue weighted by atomic mass is 9.98. The van der Waals surface area contributed by atoms with E-state index in [-0.39, 0.29) is 0 Å². The van der Waals surface area contributed by atoms with Gasteiger partial charge in [-0.25, -0.2) is 0 Å². The molecule has 3 aromatic heterocycles. The number of rotatable bonds is 6. The Morgan fingerprint density at radius 3 is 1.76 bits per heavy atom. The van der Waals surface area contributed by atoms with Gasteiger partial charge in [0.2, 0.25) is 0 Å². The highest BCUT2D eigenvalue weighted by Gasteiger charge is 2.22. The molecule has 4 nitrogen and oxygen atoms in total. The smallest absolute Gasteiger partial charge is 0.161 e. The summed E-state index contributed by atoms with van der Waals surface area (Å²) in [4.78, 5) is 2.31. The number of aromatic nitrogens is 1. The Hall–Kier alpha value is -7.82. The van der Waals surface area contributed by atoms with Gasteiger partial charge in [0.05, 0.1) is 5.52 Å². The van der Waals surface area contributed by atoms with Crippen molar-refractivity contribution in [1.29, 1.82) is 0 Å². The van der Waals surface area contributed by atoms with Crippen molar-refractivity contribution in [3.63, 3.8) is 0 Å². The fourth-order valence-corrected chi connectivity index (χ4v) is 8.92. The lowest BCUT2D eigenvalue weighted by Crippen LogP contribution is -2.09. The number of anilines is 3. The summed E-state index contributed by atoms with van der Waals surface area (Å²) < 4.78 is 15.6. The highest BCUT2D eigenvalue weighted by molar-refractivity contribution is 6.18. The molecule has 58 heavy (non-hydrogen) atoms. The molecule has 3 heterocycles. The molecule has 0 unspecified atom stereocenters. The second-order valence-electron chi connectivity index (χ2n) is 14.9. The molecule has 0 amide bonds. The van der Waals surface area contributed by atoms with E-state index in [2.05, 4.69) is 204 Å². The summed E-state index contributed by atoms with van der Waals surface area (Å²) in [7, 11) is 0. The van der Waals surface area contributed by atoms with Crippen LogP contribution in [0.1, 0.15) is 0 Å². The molecule has 0 fully saturated rings. The van der Waals surface area contributed by atoms with Crippen LogP contribution in [-0.4, -0.2) is 4.57 Å². The summed E-state index contributed by atoms with van der Waals surface area (Å²) in [6.07, 6.45) is 0. The lowest BCUT2D eigenvalue weighted by molar-refractivity contribution is 0.669. The maximum atomic E-state index is 6.87. The summed E-state index contributed by atoms with van der Waals surface area (Å²) in [6, 6.07) is 73.1. The topological polar surface area (TPSA) is 34.5 Å². The fourth-order valence-electron chi connectivity index (χ4n) is 8.92. The summed E-state index contributed by atoms with van der Waals surface area (Å²) in [5.41, 5.74) is 14.5. The highest BCUT2D eigenvalue weighted by Crippen LogP contribution is 2.44. The molecular weight excluding hydrogens is 709 g/mol. The molecule has 272 valence electrons. The van der Waals surface area contributed by atoms with Crippen LogP contribution >= 0.6 is 0 Å². The van der Waals surface area contributed by atoms with E-state index in [4.69, 9.17) is 8.83 Å².